The maximum Gasteiger partial charge on any atom is 0.330 e. The number of rotatable bonds is 8. The molecule has 28 heavy (non-hydrogen) atoms. The molecule has 0 saturated heterocycles. The van der Waals surface area contributed by atoms with E-state index in [9.17, 15) is 18.8 Å². The van der Waals surface area contributed by atoms with Crippen LogP contribution in [0.25, 0.3) is 0 Å². The first-order valence-electron chi connectivity index (χ1n) is 8.66. The van der Waals surface area contributed by atoms with Crippen LogP contribution in [0, 0.1) is 5.82 Å². The van der Waals surface area contributed by atoms with Crippen molar-refractivity contribution in [3.05, 3.63) is 55.4 Å². The Morgan fingerprint density at radius 3 is 2.71 bits per heavy atom. The minimum Gasteiger partial charge on any atom is -0.383 e. The summed E-state index contributed by atoms with van der Waals surface area (Å²) in [5, 5.41) is 0.0953. The number of hydrogen-bond donors (Lipinski definition) is 2. The predicted octanol–water partition coefficient (Wildman–Crippen LogP) is 1.54. The van der Waals surface area contributed by atoms with Crippen molar-refractivity contribution in [2.75, 3.05) is 30.9 Å². The molecule has 0 aliphatic heterocycles. The number of carbonyl (C=O) groups is 1. The van der Waals surface area contributed by atoms with Crippen molar-refractivity contribution in [1.29, 1.82) is 0 Å². The molecule has 1 aromatic heterocycles. The summed E-state index contributed by atoms with van der Waals surface area (Å²) >= 11 is 6.00. The fourth-order valence-corrected chi connectivity index (χ4v) is 3.01. The molecule has 2 rings (SSSR count). The minimum atomic E-state index is -0.807. The summed E-state index contributed by atoms with van der Waals surface area (Å²) in [6.45, 7) is 2.19. The molecular formula is C18H22ClFN4O4. The molecule has 0 bridgehead atoms. The molecule has 1 heterocycles. The topological polar surface area (TPSA) is 110 Å². The van der Waals surface area contributed by atoms with Gasteiger partial charge in [0.25, 0.3) is 5.56 Å². The fraction of sp³-hybridized carbons (Fsp3) is 0.389. The van der Waals surface area contributed by atoms with Crippen LogP contribution in [0.1, 0.15) is 18.9 Å². The van der Waals surface area contributed by atoms with Crippen LogP contribution in [0.15, 0.2) is 27.8 Å². The van der Waals surface area contributed by atoms with E-state index in [0.29, 0.717) is 6.42 Å². The number of halogens is 2. The summed E-state index contributed by atoms with van der Waals surface area (Å²) in [5.41, 5.74) is 4.40. The highest BCUT2D eigenvalue weighted by Crippen LogP contribution is 2.23. The van der Waals surface area contributed by atoms with Crippen LogP contribution in [-0.2, 0) is 22.5 Å². The Labute approximate surface area is 165 Å². The van der Waals surface area contributed by atoms with E-state index in [1.807, 2.05) is 6.92 Å². The lowest BCUT2D eigenvalue weighted by Crippen LogP contribution is -2.43. The number of nitrogens with two attached hydrogens (primary N) is 1. The zero-order valence-corrected chi connectivity index (χ0v) is 16.4. The SMILES string of the molecule is CCCn1c(N)c(N(CCOC)C(=O)Cc2c(F)cccc2Cl)c(=O)[nH]c1=O. The van der Waals surface area contributed by atoms with Crippen LogP contribution in [0.5, 0.6) is 0 Å². The second-order valence-electron chi connectivity index (χ2n) is 6.06. The van der Waals surface area contributed by atoms with E-state index in [1.165, 1.54) is 29.9 Å². The number of ether oxygens (including phenoxy) is 1. The first-order chi connectivity index (χ1) is 13.3. The molecule has 0 aliphatic carbocycles. The van der Waals surface area contributed by atoms with E-state index in [1.54, 1.807) is 0 Å². The van der Waals surface area contributed by atoms with E-state index in [4.69, 9.17) is 22.1 Å². The monoisotopic (exact) mass is 412 g/mol. The van der Waals surface area contributed by atoms with Crippen LogP contribution in [0.3, 0.4) is 0 Å². The highest BCUT2D eigenvalue weighted by atomic mass is 35.5. The van der Waals surface area contributed by atoms with Gasteiger partial charge in [-0.1, -0.05) is 24.6 Å². The zero-order valence-electron chi connectivity index (χ0n) is 15.6. The quantitative estimate of drug-likeness (QED) is 0.683. The average Bonchev–Trinajstić information content (AvgIpc) is 2.64. The van der Waals surface area contributed by atoms with Gasteiger partial charge in [-0.05, 0) is 18.6 Å². The van der Waals surface area contributed by atoms with Crippen molar-refractivity contribution in [2.45, 2.75) is 26.3 Å². The Kier molecular flexibility index (Phi) is 7.36. The van der Waals surface area contributed by atoms with Crippen molar-refractivity contribution in [1.82, 2.24) is 9.55 Å². The van der Waals surface area contributed by atoms with Gasteiger partial charge in [-0.3, -0.25) is 19.1 Å². The van der Waals surface area contributed by atoms with Gasteiger partial charge < -0.3 is 15.4 Å². The molecule has 0 saturated carbocycles. The van der Waals surface area contributed by atoms with Gasteiger partial charge in [-0.15, -0.1) is 0 Å². The molecule has 152 valence electrons. The van der Waals surface area contributed by atoms with Gasteiger partial charge in [-0.2, -0.15) is 0 Å². The van der Waals surface area contributed by atoms with Crippen LogP contribution < -0.4 is 21.9 Å². The summed E-state index contributed by atoms with van der Waals surface area (Å²) < 4.78 is 20.3. The summed E-state index contributed by atoms with van der Waals surface area (Å²) in [5.74, 6) is -1.38. The summed E-state index contributed by atoms with van der Waals surface area (Å²) in [7, 11) is 1.43. The second kappa shape index (κ2) is 9.52. The van der Waals surface area contributed by atoms with E-state index in [-0.39, 0.29) is 48.2 Å². The van der Waals surface area contributed by atoms with Crippen LogP contribution >= 0.6 is 11.6 Å². The van der Waals surface area contributed by atoms with E-state index >= 15 is 0 Å². The third-order valence-electron chi connectivity index (χ3n) is 4.14. The normalized spacial score (nSPS) is 10.9. The van der Waals surface area contributed by atoms with Crippen molar-refractivity contribution >= 4 is 29.0 Å². The molecule has 2 aromatic rings. The van der Waals surface area contributed by atoms with E-state index in [2.05, 4.69) is 4.98 Å². The number of carbonyl (C=O) groups excluding carboxylic acids is 1. The molecular weight excluding hydrogens is 391 g/mol. The molecule has 0 radical (unpaired) electrons. The standard InChI is InChI=1S/C18H22ClFN4O4/c1-3-7-24-16(21)15(17(26)22-18(24)27)23(8-9-28-2)14(25)10-11-12(19)5-4-6-13(11)20/h4-6H,3,7-10,21H2,1-2H3,(H,22,26,27). The molecule has 0 aliphatic rings. The van der Waals surface area contributed by atoms with Gasteiger partial charge in [0, 0.05) is 30.8 Å². The third-order valence-corrected chi connectivity index (χ3v) is 4.50. The average molecular weight is 413 g/mol. The summed E-state index contributed by atoms with van der Waals surface area (Å²) in [6, 6.07) is 4.09. The van der Waals surface area contributed by atoms with Gasteiger partial charge in [0.05, 0.1) is 13.0 Å². The zero-order chi connectivity index (χ0) is 20.8. The van der Waals surface area contributed by atoms with Crippen molar-refractivity contribution in [2.24, 2.45) is 0 Å². The number of amides is 1. The fourth-order valence-electron chi connectivity index (χ4n) is 2.78. The predicted molar refractivity (Wildman–Crippen MR) is 105 cm³/mol. The Bertz CT molecular complexity index is 953. The number of benzene rings is 1. The number of aromatic amines is 1. The van der Waals surface area contributed by atoms with E-state index in [0.717, 1.165) is 4.90 Å². The summed E-state index contributed by atoms with van der Waals surface area (Å²) in [4.78, 5) is 40.6. The molecule has 0 atom stereocenters. The van der Waals surface area contributed by atoms with E-state index < -0.39 is 23.0 Å². The van der Waals surface area contributed by atoms with Gasteiger partial charge in [0.15, 0.2) is 5.69 Å². The molecule has 0 spiro atoms. The number of methoxy groups -OCH3 is 1. The second-order valence-corrected chi connectivity index (χ2v) is 6.47. The van der Waals surface area contributed by atoms with Crippen LogP contribution in [-0.4, -0.2) is 35.7 Å². The largest absolute Gasteiger partial charge is 0.383 e. The van der Waals surface area contributed by atoms with Crippen molar-refractivity contribution < 1.29 is 13.9 Å². The van der Waals surface area contributed by atoms with Crippen molar-refractivity contribution in [3.8, 4) is 0 Å². The Hall–Kier alpha value is -2.65. The molecule has 10 heteroatoms. The van der Waals surface area contributed by atoms with Gasteiger partial charge in [0.2, 0.25) is 5.91 Å². The number of nitrogen functional groups attached to an aromatic ring is 1. The van der Waals surface area contributed by atoms with Gasteiger partial charge in [0.1, 0.15) is 11.6 Å². The molecule has 3 N–H and O–H groups in total. The highest BCUT2D eigenvalue weighted by molar-refractivity contribution is 6.31. The first kappa shape index (κ1) is 21.6. The first-order valence-corrected chi connectivity index (χ1v) is 9.04. The van der Waals surface area contributed by atoms with Gasteiger partial charge >= 0.3 is 5.69 Å². The van der Waals surface area contributed by atoms with Gasteiger partial charge in [-0.25, -0.2) is 9.18 Å². The molecule has 0 fully saturated rings. The van der Waals surface area contributed by atoms with Crippen molar-refractivity contribution in [3.63, 3.8) is 0 Å². The maximum absolute atomic E-state index is 14.1. The van der Waals surface area contributed by atoms with Crippen LogP contribution in [0.4, 0.5) is 15.9 Å². The molecule has 1 aromatic carbocycles. The smallest absolute Gasteiger partial charge is 0.330 e. The lowest BCUT2D eigenvalue weighted by atomic mass is 10.1. The Morgan fingerprint density at radius 1 is 1.39 bits per heavy atom. The van der Waals surface area contributed by atoms with Crippen LogP contribution in [0.2, 0.25) is 5.02 Å². The Morgan fingerprint density at radius 2 is 2.11 bits per heavy atom. The number of aromatic nitrogens is 2. The highest BCUT2D eigenvalue weighted by Gasteiger charge is 2.25. The third kappa shape index (κ3) is 4.60. The Balaban J connectivity index is 2.52. The number of H-pyrrole nitrogens is 1. The number of nitrogens with zero attached hydrogens (tertiary/aromatic N) is 2. The minimum absolute atomic E-state index is 0.00784. The molecule has 1 amide bonds. The maximum atomic E-state index is 14.1. The molecule has 8 nitrogen and oxygen atoms in total. The molecule has 0 unspecified atom stereocenters. The lowest BCUT2D eigenvalue weighted by molar-refractivity contribution is -0.118. The lowest BCUT2D eigenvalue weighted by Gasteiger charge is -2.24. The number of hydrogen-bond acceptors (Lipinski definition) is 5. The number of nitrogens with one attached hydrogen (secondary N) is 1. The summed E-state index contributed by atoms with van der Waals surface area (Å²) in [6.07, 6.45) is 0.202. The number of anilines is 2.